The van der Waals surface area contributed by atoms with E-state index in [4.69, 9.17) is 4.74 Å². The maximum absolute atomic E-state index is 11.8. The van der Waals surface area contributed by atoms with Gasteiger partial charge in [-0.1, -0.05) is 26.0 Å². The molecule has 106 valence electrons. The molecule has 20 heavy (non-hydrogen) atoms. The van der Waals surface area contributed by atoms with Gasteiger partial charge >= 0.3 is 5.97 Å². The van der Waals surface area contributed by atoms with Crippen LogP contribution in [0.3, 0.4) is 0 Å². The van der Waals surface area contributed by atoms with Crippen LogP contribution in [0.5, 0.6) is 0 Å². The molecule has 0 saturated carbocycles. The topological polar surface area (TPSA) is 44.1 Å². The molecule has 0 spiro atoms. The summed E-state index contributed by atoms with van der Waals surface area (Å²) in [4.78, 5) is 11.8. The van der Waals surface area contributed by atoms with Gasteiger partial charge in [-0.05, 0) is 36.6 Å². The van der Waals surface area contributed by atoms with Crippen molar-refractivity contribution in [3.8, 4) is 5.69 Å². The Morgan fingerprint density at radius 1 is 1.25 bits per heavy atom. The van der Waals surface area contributed by atoms with E-state index < -0.39 is 0 Å². The van der Waals surface area contributed by atoms with Gasteiger partial charge in [0.2, 0.25) is 0 Å². The summed E-state index contributed by atoms with van der Waals surface area (Å²) in [5.41, 5.74) is 1.98. The number of carbonyl (C=O) groups is 1. The molecule has 0 atom stereocenters. The van der Waals surface area contributed by atoms with Crippen LogP contribution in [0.15, 0.2) is 42.7 Å². The van der Waals surface area contributed by atoms with Gasteiger partial charge < -0.3 is 4.74 Å². The van der Waals surface area contributed by atoms with E-state index >= 15 is 0 Å². The Hall–Kier alpha value is -2.10. The van der Waals surface area contributed by atoms with Gasteiger partial charge in [0.15, 0.2) is 0 Å². The molecule has 4 heteroatoms. The summed E-state index contributed by atoms with van der Waals surface area (Å²) in [6, 6.07) is 9.72. The molecule has 0 aliphatic carbocycles. The molecular formula is C16H20N2O2. The highest BCUT2D eigenvalue weighted by atomic mass is 16.5. The minimum Gasteiger partial charge on any atom is -0.461 e. The Bertz CT molecular complexity index is 528. The Morgan fingerprint density at radius 2 is 1.95 bits per heavy atom. The Kier molecular flexibility index (Phi) is 4.93. The smallest absolute Gasteiger partial charge is 0.309 e. The zero-order valence-electron chi connectivity index (χ0n) is 12.0. The number of carbonyl (C=O) groups excluding carboxylic acids is 1. The summed E-state index contributed by atoms with van der Waals surface area (Å²) < 4.78 is 7.13. The van der Waals surface area contributed by atoms with Crippen molar-refractivity contribution in [1.82, 2.24) is 9.78 Å². The lowest BCUT2D eigenvalue weighted by molar-refractivity contribution is -0.150. The Morgan fingerprint density at radius 3 is 2.50 bits per heavy atom. The van der Waals surface area contributed by atoms with Crippen LogP contribution >= 0.6 is 0 Å². The van der Waals surface area contributed by atoms with E-state index in [1.54, 1.807) is 10.9 Å². The third kappa shape index (κ3) is 3.47. The highest BCUT2D eigenvalue weighted by Gasteiger charge is 2.15. The van der Waals surface area contributed by atoms with Crippen molar-refractivity contribution in [2.24, 2.45) is 5.92 Å². The maximum Gasteiger partial charge on any atom is 0.309 e. The number of nitrogens with zero attached hydrogens (tertiary/aromatic N) is 2. The van der Waals surface area contributed by atoms with Gasteiger partial charge in [-0.2, -0.15) is 5.10 Å². The largest absolute Gasteiger partial charge is 0.461 e. The molecule has 0 amide bonds. The second-order valence-corrected chi connectivity index (χ2v) is 4.74. The minimum atomic E-state index is -0.105. The SMILES string of the molecule is CCC(CC)C(=O)OCc1ccc(-n2cccn2)cc1. The fourth-order valence-electron chi connectivity index (χ4n) is 2.06. The Balaban J connectivity index is 1.93. The molecule has 0 saturated heterocycles. The first kappa shape index (κ1) is 14.3. The first-order chi connectivity index (χ1) is 9.74. The molecule has 0 N–H and O–H groups in total. The fraction of sp³-hybridized carbons (Fsp3) is 0.375. The molecular weight excluding hydrogens is 252 g/mol. The van der Waals surface area contributed by atoms with Crippen molar-refractivity contribution in [2.75, 3.05) is 0 Å². The average Bonchev–Trinajstić information content (AvgIpc) is 3.01. The van der Waals surface area contributed by atoms with Gasteiger partial charge in [0.25, 0.3) is 0 Å². The quantitative estimate of drug-likeness (QED) is 0.757. The van der Waals surface area contributed by atoms with Crippen LogP contribution in [0.4, 0.5) is 0 Å². The number of benzene rings is 1. The van der Waals surface area contributed by atoms with Crippen LogP contribution in [0.1, 0.15) is 32.3 Å². The molecule has 1 aromatic heterocycles. The van der Waals surface area contributed by atoms with Crippen LogP contribution in [0.25, 0.3) is 5.69 Å². The zero-order chi connectivity index (χ0) is 14.4. The number of esters is 1. The van der Waals surface area contributed by atoms with Gasteiger partial charge in [0.1, 0.15) is 6.61 Å². The number of ether oxygens (including phenoxy) is 1. The first-order valence-corrected chi connectivity index (χ1v) is 7.00. The van der Waals surface area contributed by atoms with Gasteiger partial charge in [0, 0.05) is 12.4 Å². The van der Waals surface area contributed by atoms with E-state index in [9.17, 15) is 4.79 Å². The summed E-state index contributed by atoms with van der Waals surface area (Å²) in [6.07, 6.45) is 5.29. The molecule has 4 nitrogen and oxygen atoms in total. The van der Waals surface area contributed by atoms with Gasteiger partial charge in [-0.25, -0.2) is 4.68 Å². The molecule has 2 rings (SSSR count). The van der Waals surface area contributed by atoms with Crippen LogP contribution in [-0.2, 0) is 16.1 Å². The molecule has 0 aliphatic heterocycles. The van der Waals surface area contributed by atoms with Crippen molar-refractivity contribution in [3.05, 3.63) is 48.3 Å². The summed E-state index contributed by atoms with van der Waals surface area (Å²) in [7, 11) is 0. The Labute approximate surface area is 119 Å². The molecule has 0 fully saturated rings. The molecule has 0 bridgehead atoms. The first-order valence-electron chi connectivity index (χ1n) is 7.00. The predicted octanol–water partition coefficient (Wildman–Crippen LogP) is 3.35. The number of aromatic nitrogens is 2. The monoisotopic (exact) mass is 272 g/mol. The highest BCUT2D eigenvalue weighted by Crippen LogP contribution is 2.13. The van der Waals surface area contributed by atoms with Crippen LogP contribution in [0.2, 0.25) is 0 Å². The van der Waals surface area contributed by atoms with Crippen molar-refractivity contribution >= 4 is 5.97 Å². The zero-order valence-corrected chi connectivity index (χ0v) is 12.0. The van der Waals surface area contributed by atoms with Gasteiger partial charge in [-0.3, -0.25) is 4.79 Å². The van der Waals surface area contributed by atoms with Crippen LogP contribution in [-0.4, -0.2) is 15.7 Å². The van der Waals surface area contributed by atoms with E-state index in [0.29, 0.717) is 6.61 Å². The average molecular weight is 272 g/mol. The molecule has 1 aromatic carbocycles. The number of rotatable bonds is 6. The summed E-state index contributed by atoms with van der Waals surface area (Å²) in [5.74, 6) is -0.0931. The predicted molar refractivity (Wildman–Crippen MR) is 77.4 cm³/mol. The lowest BCUT2D eigenvalue weighted by Gasteiger charge is -2.12. The minimum absolute atomic E-state index is 0.0124. The van der Waals surface area contributed by atoms with E-state index in [0.717, 1.165) is 24.1 Å². The number of hydrogen-bond acceptors (Lipinski definition) is 3. The van der Waals surface area contributed by atoms with Crippen molar-refractivity contribution < 1.29 is 9.53 Å². The van der Waals surface area contributed by atoms with Crippen molar-refractivity contribution in [1.29, 1.82) is 0 Å². The van der Waals surface area contributed by atoms with Crippen LogP contribution < -0.4 is 0 Å². The lowest BCUT2D eigenvalue weighted by Crippen LogP contribution is -2.16. The van der Waals surface area contributed by atoms with Gasteiger partial charge in [-0.15, -0.1) is 0 Å². The fourth-order valence-corrected chi connectivity index (χ4v) is 2.06. The normalized spacial score (nSPS) is 10.8. The second-order valence-electron chi connectivity index (χ2n) is 4.74. The van der Waals surface area contributed by atoms with E-state index in [2.05, 4.69) is 5.10 Å². The summed E-state index contributed by atoms with van der Waals surface area (Å²) in [6.45, 7) is 4.34. The molecule has 0 radical (unpaired) electrons. The van der Waals surface area contributed by atoms with Crippen LogP contribution in [0, 0.1) is 5.92 Å². The van der Waals surface area contributed by atoms with Crippen molar-refractivity contribution in [2.45, 2.75) is 33.3 Å². The van der Waals surface area contributed by atoms with Crippen molar-refractivity contribution in [3.63, 3.8) is 0 Å². The maximum atomic E-state index is 11.8. The lowest BCUT2D eigenvalue weighted by atomic mass is 10.0. The highest BCUT2D eigenvalue weighted by molar-refractivity contribution is 5.72. The third-order valence-corrected chi connectivity index (χ3v) is 3.41. The third-order valence-electron chi connectivity index (χ3n) is 3.41. The molecule has 1 heterocycles. The number of hydrogen-bond donors (Lipinski definition) is 0. The van der Waals surface area contributed by atoms with E-state index in [-0.39, 0.29) is 11.9 Å². The standard InChI is InChI=1S/C16H20N2O2/c1-3-14(4-2)16(19)20-12-13-6-8-15(9-7-13)18-11-5-10-17-18/h5-11,14H,3-4,12H2,1-2H3. The molecule has 2 aromatic rings. The second kappa shape index (κ2) is 6.89. The molecule has 0 unspecified atom stereocenters. The summed E-state index contributed by atoms with van der Waals surface area (Å²) in [5, 5.41) is 4.17. The van der Waals surface area contributed by atoms with Gasteiger partial charge in [0.05, 0.1) is 11.6 Å². The summed E-state index contributed by atoms with van der Waals surface area (Å²) >= 11 is 0. The van der Waals surface area contributed by atoms with E-state index in [1.807, 2.05) is 50.4 Å². The molecule has 0 aliphatic rings. The van der Waals surface area contributed by atoms with E-state index in [1.165, 1.54) is 0 Å².